The van der Waals surface area contributed by atoms with Crippen LogP contribution in [0, 0.1) is 5.92 Å². The van der Waals surface area contributed by atoms with Crippen molar-refractivity contribution in [2.75, 3.05) is 13.1 Å². The van der Waals surface area contributed by atoms with Gasteiger partial charge in [0, 0.05) is 14.7 Å². The van der Waals surface area contributed by atoms with Crippen LogP contribution in [-0.4, -0.2) is 35.5 Å². The lowest BCUT2D eigenvalue weighted by molar-refractivity contribution is -0.00138. The van der Waals surface area contributed by atoms with Crippen LogP contribution in [0.4, 0.5) is 0 Å². The van der Waals surface area contributed by atoms with Gasteiger partial charge in [-0.05, 0) is 68.3 Å². The SMILES string of the molecule is O=C(N[C@H]1C2CCN(CC2)C12CC2)c1cc2ccc(Br)cc2s1. The highest BCUT2D eigenvalue weighted by molar-refractivity contribution is 9.10. The number of hydrogen-bond donors (Lipinski definition) is 1. The van der Waals surface area contributed by atoms with Crippen molar-refractivity contribution in [2.24, 2.45) is 5.92 Å². The lowest BCUT2D eigenvalue weighted by atomic mass is 9.77. The molecule has 0 unspecified atom stereocenters. The Hall–Kier alpha value is -0.910. The summed E-state index contributed by atoms with van der Waals surface area (Å²) < 4.78 is 2.23. The van der Waals surface area contributed by atoms with Crippen LogP contribution in [0.2, 0.25) is 0 Å². The molecule has 0 radical (unpaired) electrons. The normalized spacial score (nSPS) is 30.7. The molecule has 4 heterocycles. The average Bonchev–Trinajstić information content (AvgIpc) is 3.22. The van der Waals surface area contributed by atoms with Gasteiger partial charge in [0.2, 0.25) is 0 Å². The Morgan fingerprint density at radius 2 is 2.04 bits per heavy atom. The maximum atomic E-state index is 12.8. The second-order valence-electron chi connectivity index (χ2n) is 7.17. The van der Waals surface area contributed by atoms with Crippen molar-refractivity contribution in [2.45, 2.75) is 37.3 Å². The van der Waals surface area contributed by atoms with Crippen LogP contribution in [0.3, 0.4) is 0 Å². The molecule has 3 saturated heterocycles. The number of carbonyl (C=O) groups excluding carboxylic acids is 1. The number of thiophene rings is 1. The molecule has 1 aliphatic carbocycles. The van der Waals surface area contributed by atoms with Crippen LogP contribution in [0.25, 0.3) is 10.1 Å². The second kappa shape index (κ2) is 5.04. The maximum absolute atomic E-state index is 12.8. The molecule has 3 aliphatic heterocycles. The topological polar surface area (TPSA) is 32.3 Å². The Labute approximate surface area is 148 Å². The van der Waals surface area contributed by atoms with Crippen molar-refractivity contribution in [3.63, 3.8) is 0 Å². The summed E-state index contributed by atoms with van der Waals surface area (Å²) in [6.45, 7) is 2.46. The predicted octanol–water partition coefficient (Wildman–Crippen LogP) is 4.02. The number of fused-ring (bicyclic) bond motifs is 3. The lowest BCUT2D eigenvalue weighted by Crippen LogP contribution is -2.65. The van der Waals surface area contributed by atoms with Crippen molar-refractivity contribution >= 4 is 43.3 Å². The van der Waals surface area contributed by atoms with Crippen molar-refractivity contribution < 1.29 is 4.79 Å². The van der Waals surface area contributed by atoms with E-state index in [-0.39, 0.29) is 5.91 Å². The largest absolute Gasteiger partial charge is 0.346 e. The average molecular weight is 391 g/mol. The third-order valence-electron chi connectivity index (χ3n) is 5.97. The molecule has 120 valence electrons. The number of nitrogens with zero attached hydrogens (tertiary/aromatic N) is 1. The molecule has 5 heteroatoms. The zero-order valence-electron chi connectivity index (χ0n) is 12.8. The van der Waals surface area contributed by atoms with Crippen molar-refractivity contribution in [1.82, 2.24) is 10.2 Å². The molecule has 1 atom stereocenters. The molecular formula is C18H19BrN2OS. The Kier molecular flexibility index (Phi) is 3.16. The van der Waals surface area contributed by atoms with E-state index in [4.69, 9.17) is 0 Å². The highest BCUT2D eigenvalue weighted by Crippen LogP contribution is 2.53. The smallest absolute Gasteiger partial charge is 0.261 e. The number of nitrogens with one attached hydrogen (secondary N) is 1. The fraction of sp³-hybridized carbons (Fsp3) is 0.500. The molecule has 3 nitrogen and oxygen atoms in total. The molecular weight excluding hydrogens is 372 g/mol. The van der Waals surface area contributed by atoms with Gasteiger partial charge in [-0.25, -0.2) is 0 Å². The maximum Gasteiger partial charge on any atom is 0.261 e. The van der Waals surface area contributed by atoms with E-state index < -0.39 is 0 Å². The molecule has 1 aromatic carbocycles. The highest BCUT2D eigenvalue weighted by Gasteiger charge is 2.60. The quantitative estimate of drug-likeness (QED) is 0.839. The number of piperidine rings is 3. The highest BCUT2D eigenvalue weighted by atomic mass is 79.9. The zero-order valence-corrected chi connectivity index (χ0v) is 15.3. The van der Waals surface area contributed by atoms with Gasteiger partial charge in [0.15, 0.2) is 0 Å². The molecule has 6 rings (SSSR count). The number of rotatable bonds is 2. The molecule has 1 spiro atoms. The molecule has 1 aromatic heterocycles. The first-order chi connectivity index (χ1) is 11.2. The van der Waals surface area contributed by atoms with Gasteiger partial charge in [-0.15, -0.1) is 11.3 Å². The van der Waals surface area contributed by atoms with E-state index in [1.807, 2.05) is 12.1 Å². The molecule has 1 saturated carbocycles. The van der Waals surface area contributed by atoms with E-state index >= 15 is 0 Å². The molecule has 1 N–H and O–H groups in total. The fourth-order valence-electron chi connectivity index (χ4n) is 4.65. The molecule has 23 heavy (non-hydrogen) atoms. The first kappa shape index (κ1) is 14.4. The van der Waals surface area contributed by atoms with Crippen LogP contribution < -0.4 is 5.32 Å². The third-order valence-corrected chi connectivity index (χ3v) is 7.56. The van der Waals surface area contributed by atoms with Gasteiger partial charge < -0.3 is 5.32 Å². The minimum Gasteiger partial charge on any atom is -0.346 e. The standard InChI is InChI=1S/C18H19BrN2OS/c19-13-2-1-12-9-15(23-14(12)10-13)17(22)20-16-11-3-7-21(8-4-11)18(16)5-6-18/h1-2,9-11,16H,3-8H2,(H,20,22)/t16-/m0/s1. The second-order valence-corrected chi connectivity index (χ2v) is 9.17. The van der Waals surface area contributed by atoms with E-state index in [1.54, 1.807) is 11.3 Å². The van der Waals surface area contributed by atoms with Gasteiger partial charge in [0.1, 0.15) is 0 Å². The van der Waals surface area contributed by atoms with Crippen molar-refractivity contribution in [1.29, 1.82) is 0 Å². The van der Waals surface area contributed by atoms with Crippen LogP contribution >= 0.6 is 27.3 Å². The number of benzene rings is 1. The Morgan fingerprint density at radius 3 is 2.78 bits per heavy atom. The van der Waals surface area contributed by atoms with Gasteiger partial charge in [-0.3, -0.25) is 9.69 Å². The summed E-state index contributed by atoms with van der Waals surface area (Å²) in [6, 6.07) is 8.58. The van der Waals surface area contributed by atoms with Gasteiger partial charge in [0.25, 0.3) is 5.91 Å². The molecule has 4 aliphatic rings. The van der Waals surface area contributed by atoms with Gasteiger partial charge in [-0.1, -0.05) is 22.0 Å². The predicted molar refractivity (Wildman–Crippen MR) is 97.0 cm³/mol. The molecule has 1 amide bonds. The summed E-state index contributed by atoms with van der Waals surface area (Å²) in [5.41, 5.74) is 0.302. The minimum atomic E-state index is 0.118. The molecule has 2 aromatic rings. The number of carbonyl (C=O) groups is 1. The van der Waals surface area contributed by atoms with Crippen molar-refractivity contribution in [3.05, 3.63) is 33.6 Å². The van der Waals surface area contributed by atoms with Crippen LogP contribution in [0.5, 0.6) is 0 Å². The summed E-state index contributed by atoms with van der Waals surface area (Å²) in [7, 11) is 0. The van der Waals surface area contributed by atoms with Gasteiger partial charge >= 0.3 is 0 Å². The number of hydrogen-bond acceptors (Lipinski definition) is 3. The van der Waals surface area contributed by atoms with E-state index in [1.165, 1.54) is 43.5 Å². The molecule has 2 bridgehead atoms. The number of halogens is 1. The lowest BCUT2D eigenvalue weighted by Gasteiger charge is -2.52. The first-order valence-corrected chi connectivity index (χ1v) is 10.0. The summed E-state index contributed by atoms with van der Waals surface area (Å²) in [6.07, 6.45) is 5.00. The van der Waals surface area contributed by atoms with E-state index in [0.717, 1.165) is 14.7 Å². The fourth-order valence-corrected chi connectivity index (χ4v) is 6.17. The first-order valence-electron chi connectivity index (χ1n) is 8.41. The molecule has 4 fully saturated rings. The van der Waals surface area contributed by atoms with Crippen LogP contribution in [0.1, 0.15) is 35.4 Å². The Balaban J connectivity index is 1.42. The van der Waals surface area contributed by atoms with Crippen LogP contribution in [-0.2, 0) is 0 Å². The monoisotopic (exact) mass is 390 g/mol. The Morgan fingerprint density at radius 1 is 1.26 bits per heavy atom. The van der Waals surface area contributed by atoms with E-state index in [9.17, 15) is 4.79 Å². The summed E-state index contributed by atoms with van der Waals surface area (Å²) in [5, 5.41) is 4.56. The summed E-state index contributed by atoms with van der Waals surface area (Å²) >= 11 is 5.10. The minimum absolute atomic E-state index is 0.118. The van der Waals surface area contributed by atoms with Gasteiger partial charge in [0.05, 0.1) is 10.9 Å². The number of amides is 1. The van der Waals surface area contributed by atoms with Crippen LogP contribution in [0.15, 0.2) is 28.7 Å². The van der Waals surface area contributed by atoms with E-state index in [0.29, 0.717) is 17.5 Å². The van der Waals surface area contributed by atoms with Crippen molar-refractivity contribution in [3.8, 4) is 0 Å². The van der Waals surface area contributed by atoms with Gasteiger partial charge in [-0.2, -0.15) is 0 Å². The Bertz CT molecular complexity index is 789. The zero-order chi connectivity index (χ0) is 15.6. The van der Waals surface area contributed by atoms with E-state index in [2.05, 4.69) is 38.3 Å². The summed E-state index contributed by atoms with van der Waals surface area (Å²) in [5.74, 6) is 0.794. The summed E-state index contributed by atoms with van der Waals surface area (Å²) in [4.78, 5) is 16.3. The third kappa shape index (κ3) is 2.20.